The van der Waals surface area contributed by atoms with Crippen molar-refractivity contribution in [1.82, 2.24) is 15.3 Å². The van der Waals surface area contributed by atoms with Crippen LogP contribution < -0.4 is 16.0 Å². The van der Waals surface area contributed by atoms with Gasteiger partial charge in [-0.3, -0.25) is 4.79 Å². The summed E-state index contributed by atoms with van der Waals surface area (Å²) in [6.45, 7) is 2.57. The molecule has 2 rings (SSSR count). The van der Waals surface area contributed by atoms with Crippen molar-refractivity contribution in [3.8, 4) is 0 Å². The molecule has 1 heterocycles. The molecule has 0 saturated carbocycles. The van der Waals surface area contributed by atoms with Crippen molar-refractivity contribution in [2.75, 3.05) is 30.0 Å². The first kappa shape index (κ1) is 21.6. The van der Waals surface area contributed by atoms with Crippen LogP contribution in [-0.2, 0) is 4.79 Å². The molecular weight excluding hydrogens is 405 g/mol. The predicted octanol–water partition coefficient (Wildman–Crippen LogP) is 4.22. The normalized spacial score (nSPS) is 9.92. The zero-order valence-electron chi connectivity index (χ0n) is 13.6. The molecule has 25 heavy (non-hydrogen) atoms. The molecule has 0 unspecified atom stereocenters. The molecule has 10 heteroatoms. The molecule has 0 bridgehead atoms. The number of hydrogen-bond donors (Lipinski definition) is 3. The lowest BCUT2D eigenvalue weighted by atomic mass is 10.3. The van der Waals surface area contributed by atoms with Crippen LogP contribution in [0.1, 0.15) is 6.92 Å². The van der Waals surface area contributed by atoms with Gasteiger partial charge in [0.1, 0.15) is 5.82 Å². The van der Waals surface area contributed by atoms with E-state index in [2.05, 4.69) is 25.9 Å². The summed E-state index contributed by atoms with van der Waals surface area (Å²) in [7, 11) is 0. The second-order valence-electron chi connectivity index (χ2n) is 4.77. The Labute approximate surface area is 166 Å². The van der Waals surface area contributed by atoms with Gasteiger partial charge in [-0.05, 0) is 24.5 Å². The first-order chi connectivity index (χ1) is 11.5. The van der Waals surface area contributed by atoms with E-state index >= 15 is 0 Å². The molecule has 2 aromatic rings. The first-order valence-electron chi connectivity index (χ1n) is 7.11. The molecule has 136 valence electrons. The van der Waals surface area contributed by atoms with Gasteiger partial charge in [0, 0.05) is 31.9 Å². The van der Waals surface area contributed by atoms with E-state index in [0.717, 1.165) is 10.6 Å². The Morgan fingerprint density at radius 2 is 2.00 bits per heavy atom. The number of benzene rings is 1. The van der Waals surface area contributed by atoms with E-state index in [9.17, 15) is 4.79 Å². The number of hydrogen-bond acceptors (Lipinski definition) is 6. The number of anilines is 3. The van der Waals surface area contributed by atoms with E-state index in [1.807, 2.05) is 6.26 Å². The average molecular weight is 423 g/mol. The maximum atomic E-state index is 10.9. The standard InChI is InChI=1S/C15H17Cl2N5OS.ClH/c1-9(23)18-5-6-19-14-13(24-2)8-20-15(22-14)21-10-3-4-11(16)12(17)7-10;/h3-4,7-8H,5-6H2,1-2H3,(H,18,23)(H2,19,20,21,22);1H. The first-order valence-corrected chi connectivity index (χ1v) is 9.09. The van der Waals surface area contributed by atoms with Gasteiger partial charge in [0.2, 0.25) is 11.9 Å². The number of thioether (sulfide) groups is 1. The van der Waals surface area contributed by atoms with Gasteiger partial charge in [0.15, 0.2) is 0 Å². The van der Waals surface area contributed by atoms with Crippen molar-refractivity contribution in [3.05, 3.63) is 34.4 Å². The van der Waals surface area contributed by atoms with Crippen LogP contribution in [0.25, 0.3) is 0 Å². The number of aromatic nitrogens is 2. The number of carbonyl (C=O) groups excluding carboxylic acids is 1. The predicted molar refractivity (Wildman–Crippen MR) is 108 cm³/mol. The number of rotatable bonds is 7. The quantitative estimate of drug-likeness (QED) is 0.458. The van der Waals surface area contributed by atoms with Crippen LogP contribution in [0.15, 0.2) is 29.3 Å². The summed E-state index contributed by atoms with van der Waals surface area (Å²) in [5.74, 6) is 1.07. The molecule has 3 N–H and O–H groups in total. The van der Waals surface area contributed by atoms with Crippen LogP contribution in [-0.4, -0.2) is 35.2 Å². The van der Waals surface area contributed by atoms with E-state index in [1.54, 1.807) is 24.4 Å². The van der Waals surface area contributed by atoms with Gasteiger partial charge in [-0.2, -0.15) is 4.98 Å². The van der Waals surface area contributed by atoms with Crippen molar-refractivity contribution in [2.24, 2.45) is 0 Å². The molecule has 0 aliphatic heterocycles. The number of nitrogens with zero attached hydrogens (tertiary/aromatic N) is 2. The highest BCUT2D eigenvalue weighted by Gasteiger charge is 2.07. The van der Waals surface area contributed by atoms with Crippen LogP contribution in [0.5, 0.6) is 0 Å². The maximum Gasteiger partial charge on any atom is 0.229 e. The van der Waals surface area contributed by atoms with Gasteiger partial charge in [0.05, 0.1) is 14.9 Å². The molecule has 0 saturated heterocycles. The minimum Gasteiger partial charge on any atom is -0.367 e. The SMILES string of the molecule is CSc1cnc(Nc2ccc(Cl)c(Cl)c2)nc1NCCNC(C)=O.Cl. The molecule has 1 aromatic heterocycles. The molecule has 0 aliphatic carbocycles. The van der Waals surface area contributed by atoms with E-state index in [1.165, 1.54) is 18.7 Å². The molecule has 0 spiro atoms. The Morgan fingerprint density at radius 3 is 2.64 bits per heavy atom. The Balaban J connectivity index is 0.00000312. The topological polar surface area (TPSA) is 78.9 Å². The van der Waals surface area contributed by atoms with Crippen molar-refractivity contribution in [1.29, 1.82) is 0 Å². The highest BCUT2D eigenvalue weighted by molar-refractivity contribution is 7.98. The van der Waals surface area contributed by atoms with Crippen molar-refractivity contribution in [2.45, 2.75) is 11.8 Å². The molecule has 1 aromatic carbocycles. The average Bonchev–Trinajstić information content (AvgIpc) is 2.55. The van der Waals surface area contributed by atoms with Gasteiger partial charge in [0.25, 0.3) is 0 Å². The second-order valence-corrected chi connectivity index (χ2v) is 6.44. The molecule has 1 amide bonds. The van der Waals surface area contributed by atoms with E-state index < -0.39 is 0 Å². The zero-order chi connectivity index (χ0) is 17.5. The van der Waals surface area contributed by atoms with Gasteiger partial charge >= 0.3 is 0 Å². The Morgan fingerprint density at radius 1 is 1.24 bits per heavy atom. The monoisotopic (exact) mass is 421 g/mol. The number of carbonyl (C=O) groups is 1. The van der Waals surface area contributed by atoms with Gasteiger partial charge in [-0.1, -0.05) is 23.2 Å². The minimum absolute atomic E-state index is 0. The van der Waals surface area contributed by atoms with E-state index in [4.69, 9.17) is 23.2 Å². The van der Waals surface area contributed by atoms with E-state index in [0.29, 0.717) is 34.9 Å². The van der Waals surface area contributed by atoms with Crippen LogP contribution >= 0.6 is 47.4 Å². The van der Waals surface area contributed by atoms with Crippen LogP contribution in [0.3, 0.4) is 0 Å². The highest BCUT2D eigenvalue weighted by atomic mass is 35.5. The van der Waals surface area contributed by atoms with Crippen LogP contribution in [0.2, 0.25) is 10.0 Å². The van der Waals surface area contributed by atoms with Crippen molar-refractivity contribution in [3.63, 3.8) is 0 Å². The summed E-state index contributed by atoms with van der Waals surface area (Å²) in [6, 6.07) is 5.21. The Kier molecular flexibility index (Phi) is 9.13. The Hall–Kier alpha value is -1.41. The van der Waals surface area contributed by atoms with Crippen LogP contribution in [0, 0.1) is 0 Å². The molecule has 6 nitrogen and oxygen atoms in total. The van der Waals surface area contributed by atoms with Crippen LogP contribution in [0.4, 0.5) is 17.5 Å². The fourth-order valence-corrected chi connectivity index (χ4v) is 2.60. The molecule has 0 fully saturated rings. The summed E-state index contributed by atoms with van der Waals surface area (Å²) in [5.41, 5.74) is 0.741. The van der Waals surface area contributed by atoms with Gasteiger partial charge in [-0.15, -0.1) is 24.2 Å². The smallest absolute Gasteiger partial charge is 0.229 e. The van der Waals surface area contributed by atoms with Gasteiger partial charge in [-0.25, -0.2) is 4.98 Å². The number of amides is 1. The fourth-order valence-electron chi connectivity index (χ4n) is 1.83. The molecule has 0 atom stereocenters. The lowest BCUT2D eigenvalue weighted by molar-refractivity contribution is -0.118. The van der Waals surface area contributed by atoms with E-state index in [-0.39, 0.29) is 18.3 Å². The third kappa shape index (κ3) is 6.78. The summed E-state index contributed by atoms with van der Waals surface area (Å²) >= 11 is 13.5. The highest BCUT2D eigenvalue weighted by Crippen LogP contribution is 2.28. The summed E-state index contributed by atoms with van der Waals surface area (Å²) < 4.78 is 0. The summed E-state index contributed by atoms with van der Waals surface area (Å²) in [4.78, 5) is 20.6. The van der Waals surface area contributed by atoms with Crippen molar-refractivity contribution < 1.29 is 4.79 Å². The molecular formula is C15H18Cl3N5OS. The van der Waals surface area contributed by atoms with Gasteiger partial charge < -0.3 is 16.0 Å². The summed E-state index contributed by atoms with van der Waals surface area (Å²) in [6.07, 6.45) is 3.68. The number of nitrogens with one attached hydrogen (secondary N) is 3. The lowest BCUT2D eigenvalue weighted by Crippen LogP contribution is -2.26. The zero-order valence-corrected chi connectivity index (χ0v) is 16.7. The third-order valence-corrected chi connectivity index (χ3v) is 4.42. The second kappa shape index (κ2) is 10.6. The summed E-state index contributed by atoms with van der Waals surface area (Å²) in [5, 5.41) is 9.95. The largest absolute Gasteiger partial charge is 0.367 e. The third-order valence-electron chi connectivity index (χ3n) is 2.94. The number of halogens is 3. The molecule has 0 aliphatic rings. The van der Waals surface area contributed by atoms with Crippen molar-refractivity contribution >= 4 is 70.7 Å². The Bertz CT molecular complexity index is 732. The molecule has 0 radical (unpaired) electrons. The minimum atomic E-state index is -0.0634. The fraction of sp³-hybridized carbons (Fsp3) is 0.267. The maximum absolute atomic E-state index is 10.9. The lowest BCUT2D eigenvalue weighted by Gasteiger charge is -2.12.